The second-order valence-corrected chi connectivity index (χ2v) is 6.36. The van der Waals surface area contributed by atoms with Gasteiger partial charge in [0.2, 0.25) is 0 Å². The topological polar surface area (TPSA) is 15.3 Å². The van der Waals surface area contributed by atoms with E-state index in [2.05, 4.69) is 71.7 Å². The largest absolute Gasteiger partial charge is 0.315 e. The average Bonchev–Trinajstić information content (AvgIpc) is 2.74. The number of nitrogens with one attached hydrogen (secondary N) is 1. The van der Waals surface area contributed by atoms with E-state index >= 15 is 0 Å². The van der Waals surface area contributed by atoms with E-state index < -0.39 is 0 Å². The lowest BCUT2D eigenvalue weighted by Crippen LogP contribution is -2.40. The van der Waals surface area contributed by atoms with Crippen LogP contribution < -0.4 is 5.32 Å². The molecule has 0 aliphatic carbocycles. The van der Waals surface area contributed by atoms with Crippen LogP contribution in [0.25, 0.3) is 0 Å². The Morgan fingerprint density at radius 1 is 1.05 bits per heavy atom. The summed E-state index contributed by atoms with van der Waals surface area (Å²) in [5, 5.41) is 3.60. The predicted molar refractivity (Wildman–Crippen MR) is 93.0 cm³/mol. The highest BCUT2D eigenvalue weighted by atomic mass is 15.2. The van der Waals surface area contributed by atoms with Gasteiger partial charge < -0.3 is 5.32 Å². The van der Waals surface area contributed by atoms with Crippen molar-refractivity contribution in [2.75, 3.05) is 19.6 Å². The van der Waals surface area contributed by atoms with E-state index in [0.29, 0.717) is 6.04 Å². The third kappa shape index (κ3) is 4.19. The van der Waals surface area contributed by atoms with Crippen LogP contribution >= 0.6 is 0 Å². The fourth-order valence-corrected chi connectivity index (χ4v) is 3.33. The molecule has 0 amide bonds. The Hall–Kier alpha value is -1.64. The van der Waals surface area contributed by atoms with Gasteiger partial charge in [-0.3, -0.25) is 4.90 Å². The zero-order valence-electron chi connectivity index (χ0n) is 13.5. The van der Waals surface area contributed by atoms with Gasteiger partial charge >= 0.3 is 0 Å². The maximum atomic E-state index is 3.60. The van der Waals surface area contributed by atoms with E-state index in [1.165, 1.54) is 29.7 Å². The summed E-state index contributed by atoms with van der Waals surface area (Å²) in [5.41, 5.74) is 4.22. The minimum absolute atomic E-state index is 0.574. The van der Waals surface area contributed by atoms with Crippen molar-refractivity contribution in [3.63, 3.8) is 0 Å². The molecule has 2 nitrogen and oxygen atoms in total. The molecule has 3 rings (SSSR count). The number of rotatable bonds is 4. The van der Waals surface area contributed by atoms with Crippen molar-refractivity contribution in [2.45, 2.75) is 32.4 Å². The lowest BCUT2D eigenvalue weighted by Gasteiger charge is -2.30. The van der Waals surface area contributed by atoms with Crippen LogP contribution in [-0.2, 0) is 13.0 Å². The summed E-state index contributed by atoms with van der Waals surface area (Å²) < 4.78 is 0. The summed E-state index contributed by atoms with van der Waals surface area (Å²) in [4.78, 5) is 2.65. The zero-order chi connectivity index (χ0) is 15.2. The van der Waals surface area contributed by atoms with Crippen LogP contribution in [0.5, 0.6) is 0 Å². The summed E-state index contributed by atoms with van der Waals surface area (Å²) in [6.07, 6.45) is 2.36. The first kappa shape index (κ1) is 15.3. The second-order valence-electron chi connectivity index (χ2n) is 6.36. The molecular formula is C20H26N2. The summed E-state index contributed by atoms with van der Waals surface area (Å²) in [7, 11) is 0. The third-order valence-corrected chi connectivity index (χ3v) is 4.48. The van der Waals surface area contributed by atoms with Gasteiger partial charge in [-0.2, -0.15) is 0 Å². The summed E-state index contributed by atoms with van der Waals surface area (Å²) >= 11 is 0. The van der Waals surface area contributed by atoms with Gasteiger partial charge in [0.25, 0.3) is 0 Å². The molecule has 0 bridgehead atoms. The summed E-state index contributed by atoms with van der Waals surface area (Å²) in [6.45, 7) is 6.63. The van der Waals surface area contributed by atoms with Crippen LogP contribution in [0.15, 0.2) is 54.6 Å². The van der Waals surface area contributed by atoms with Gasteiger partial charge in [0, 0.05) is 25.7 Å². The molecule has 116 valence electrons. The lowest BCUT2D eigenvalue weighted by molar-refractivity contribution is 0.198. The van der Waals surface area contributed by atoms with Gasteiger partial charge in [-0.1, -0.05) is 60.2 Å². The van der Waals surface area contributed by atoms with E-state index in [-0.39, 0.29) is 0 Å². The molecule has 2 aromatic carbocycles. The van der Waals surface area contributed by atoms with Crippen molar-refractivity contribution in [1.82, 2.24) is 10.2 Å². The molecule has 2 aromatic rings. The summed E-state index contributed by atoms with van der Waals surface area (Å²) in [5.74, 6) is 0. The minimum Gasteiger partial charge on any atom is -0.315 e. The Bertz CT molecular complexity index is 579. The first-order valence-corrected chi connectivity index (χ1v) is 8.35. The molecule has 1 unspecified atom stereocenters. The number of benzene rings is 2. The van der Waals surface area contributed by atoms with Crippen LogP contribution in [0.3, 0.4) is 0 Å². The van der Waals surface area contributed by atoms with Gasteiger partial charge in [0.15, 0.2) is 0 Å². The highest BCUT2D eigenvalue weighted by Gasteiger charge is 2.21. The predicted octanol–water partition coefficient (Wildman–Crippen LogP) is 3.40. The Morgan fingerprint density at radius 2 is 1.86 bits per heavy atom. The van der Waals surface area contributed by atoms with E-state index in [9.17, 15) is 0 Å². The zero-order valence-corrected chi connectivity index (χ0v) is 13.5. The number of hydrogen-bond donors (Lipinski definition) is 1. The molecule has 22 heavy (non-hydrogen) atoms. The molecule has 0 radical (unpaired) electrons. The first-order chi connectivity index (χ1) is 10.8. The first-order valence-electron chi connectivity index (χ1n) is 8.35. The average molecular weight is 294 g/mol. The van der Waals surface area contributed by atoms with Gasteiger partial charge in [-0.25, -0.2) is 0 Å². The molecular weight excluding hydrogens is 268 g/mol. The van der Waals surface area contributed by atoms with Crippen LogP contribution in [0, 0.1) is 6.92 Å². The Morgan fingerprint density at radius 3 is 2.68 bits per heavy atom. The van der Waals surface area contributed by atoms with Crippen LogP contribution in [0.1, 0.15) is 23.1 Å². The van der Waals surface area contributed by atoms with E-state index in [0.717, 1.165) is 26.1 Å². The van der Waals surface area contributed by atoms with Gasteiger partial charge in [0.05, 0.1) is 0 Å². The Balaban J connectivity index is 1.73. The Labute approximate surface area is 134 Å². The summed E-state index contributed by atoms with van der Waals surface area (Å²) in [6, 6.07) is 20.4. The normalized spacial score (nSPS) is 19.8. The van der Waals surface area contributed by atoms with E-state index in [4.69, 9.17) is 0 Å². The highest BCUT2D eigenvalue weighted by Crippen LogP contribution is 2.16. The van der Waals surface area contributed by atoms with E-state index in [1.54, 1.807) is 0 Å². The minimum atomic E-state index is 0.574. The lowest BCUT2D eigenvalue weighted by atomic mass is 10.0. The molecule has 1 heterocycles. The molecule has 0 saturated carbocycles. The number of aryl methyl sites for hydroxylation is 1. The van der Waals surface area contributed by atoms with E-state index in [1.807, 2.05) is 0 Å². The van der Waals surface area contributed by atoms with Crippen molar-refractivity contribution in [3.05, 3.63) is 71.3 Å². The molecule has 0 spiro atoms. The molecule has 1 aliphatic heterocycles. The van der Waals surface area contributed by atoms with Gasteiger partial charge in [-0.15, -0.1) is 0 Å². The third-order valence-electron chi connectivity index (χ3n) is 4.48. The molecule has 2 heteroatoms. The van der Waals surface area contributed by atoms with Crippen LogP contribution in [0.4, 0.5) is 0 Å². The SMILES string of the molecule is Cc1cccc(CN2CCCNCC2Cc2ccccc2)c1. The van der Waals surface area contributed by atoms with Crippen molar-refractivity contribution in [2.24, 2.45) is 0 Å². The fraction of sp³-hybridized carbons (Fsp3) is 0.400. The monoisotopic (exact) mass is 294 g/mol. The van der Waals surface area contributed by atoms with Crippen LogP contribution in [0.2, 0.25) is 0 Å². The highest BCUT2D eigenvalue weighted by molar-refractivity contribution is 5.22. The Kier molecular flexibility index (Phi) is 5.25. The molecule has 1 fully saturated rings. The number of nitrogens with zero attached hydrogens (tertiary/aromatic N) is 1. The standard InChI is InChI=1S/C20H26N2/c1-17-7-5-10-19(13-17)16-22-12-6-11-21-15-20(22)14-18-8-3-2-4-9-18/h2-5,7-10,13,20-21H,6,11-12,14-16H2,1H3. The van der Waals surface area contributed by atoms with Crippen molar-refractivity contribution in [3.8, 4) is 0 Å². The van der Waals surface area contributed by atoms with Crippen molar-refractivity contribution in [1.29, 1.82) is 0 Å². The molecule has 1 aliphatic rings. The fourth-order valence-electron chi connectivity index (χ4n) is 3.33. The molecule has 1 N–H and O–H groups in total. The maximum absolute atomic E-state index is 3.60. The number of hydrogen-bond acceptors (Lipinski definition) is 2. The molecule has 1 saturated heterocycles. The second kappa shape index (κ2) is 7.57. The van der Waals surface area contributed by atoms with Gasteiger partial charge in [-0.05, 0) is 37.4 Å². The smallest absolute Gasteiger partial charge is 0.0264 e. The van der Waals surface area contributed by atoms with Gasteiger partial charge in [0.1, 0.15) is 0 Å². The maximum Gasteiger partial charge on any atom is 0.0264 e. The molecule has 1 atom stereocenters. The van der Waals surface area contributed by atoms with Crippen molar-refractivity contribution < 1.29 is 0 Å². The van der Waals surface area contributed by atoms with Crippen LogP contribution in [-0.4, -0.2) is 30.6 Å². The molecule has 0 aromatic heterocycles. The van der Waals surface area contributed by atoms with Crippen molar-refractivity contribution >= 4 is 0 Å². The quantitative estimate of drug-likeness (QED) is 0.929.